The SMILES string of the molecule is CSC(=O)C(C)C.[H-].[K+]. The third-order valence-electron chi connectivity index (χ3n) is 0.673. The van der Waals surface area contributed by atoms with Crippen molar-refractivity contribution in [1.82, 2.24) is 0 Å². The maximum atomic E-state index is 10.5. The molecule has 0 aromatic carbocycles. The Balaban J connectivity index is -0.000000180. The minimum absolute atomic E-state index is 0. The van der Waals surface area contributed by atoms with Gasteiger partial charge in [-0.2, -0.15) is 0 Å². The van der Waals surface area contributed by atoms with Gasteiger partial charge in [0.1, 0.15) is 0 Å². The molecule has 0 aromatic rings. The average Bonchev–Trinajstić information content (AvgIpc) is 1.65. The minimum atomic E-state index is 0. The van der Waals surface area contributed by atoms with Gasteiger partial charge in [0.25, 0.3) is 0 Å². The molecular weight excluding hydrogens is 147 g/mol. The molecule has 0 saturated heterocycles. The number of rotatable bonds is 1. The predicted octanol–water partition coefficient (Wildman–Crippen LogP) is -1.35. The Morgan fingerprint density at radius 1 is 1.62 bits per heavy atom. The second-order valence-electron chi connectivity index (χ2n) is 1.68. The van der Waals surface area contributed by atoms with E-state index < -0.39 is 0 Å². The Hall–Kier alpha value is 1.66. The summed E-state index contributed by atoms with van der Waals surface area (Å²) in [6.45, 7) is 3.80. The summed E-state index contributed by atoms with van der Waals surface area (Å²) in [6, 6.07) is 0. The van der Waals surface area contributed by atoms with Crippen molar-refractivity contribution in [2.45, 2.75) is 13.8 Å². The Morgan fingerprint density at radius 2 is 2.00 bits per heavy atom. The standard InChI is InChI=1S/C5H10OS.K.H/c1-4(2)5(6)7-3;;/h4H,1-3H3;;/q;+1;-1. The van der Waals surface area contributed by atoms with Crippen LogP contribution in [0.5, 0.6) is 0 Å². The van der Waals surface area contributed by atoms with Gasteiger partial charge in [-0.25, -0.2) is 0 Å². The number of hydrogen-bond donors (Lipinski definition) is 0. The summed E-state index contributed by atoms with van der Waals surface area (Å²) in [7, 11) is 0. The van der Waals surface area contributed by atoms with Crippen LogP contribution >= 0.6 is 11.8 Å². The fraction of sp³-hybridized carbons (Fsp3) is 0.800. The van der Waals surface area contributed by atoms with E-state index in [0.29, 0.717) is 0 Å². The number of thioether (sulfide) groups is 1. The molecule has 0 amide bonds. The molecule has 0 aliphatic rings. The molecule has 0 atom stereocenters. The van der Waals surface area contributed by atoms with E-state index >= 15 is 0 Å². The number of carbonyl (C=O) groups excluding carboxylic acids is 1. The van der Waals surface area contributed by atoms with Gasteiger partial charge in [-0.15, -0.1) is 0 Å². The zero-order valence-corrected chi connectivity index (χ0v) is 9.83. The maximum absolute atomic E-state index is 10.5. The van der Waals surface area contributed by atoms with Crippen molar-refractivity contribution in [1.29, 1.82) is 0 Å². The smallest absolute Gasteiger partial charge is 1.00 e. The molecule has 0 heterocycles. The van der Waals surface area contributed by atoms with Crippen LogP contribution in [-0.2, 0) is 4.79 Å². The largest absolute Gasteiger partial charge is 1.00 e. The van der Waals surface area contributed by atoms with Gasteiger partial charge >= 0.3 is 51.4 Å². The molecule has 0 aliphatic carbocycles. The van der Waals surface area contributed by atoms with Crippen LogP contribution in [0.1, 0.15) is 15.3 Å². The average molecular weight is 158 g/mol. The van der Waals surface area contributed by atoms with Gasteiger partial charge < -0.3 is 1.43 Å². The first-order chi connectivity index (χ1) is 3.18. The molecule has 0 rings (SSSR count). The van der Waals surface area contributed by atoms with Gasteiger partial charge in [0.15, 0.2) is 5.12 Å². The Labute approximate surface area is 98.9 Å². The van der Waals surface area contributed by atoms with E-state index in [2.05, 4.69) is 0 Å². The minimum Gasteiger partial charge on any atom is -1.00 e. The van der Waals surface area contributed by atoms with Gasteiger partial charge in [0.05, 0.1) is 0 Å². The van der Waals surface area contributed by atoms with Crippen LogP contribution in [0.15, 0.2) is 0 Å². The predicted molar refractivity (Wildman–Crippen MR) is 34.5 cm³/mol. The van der Waals surface area contributed by atoms with Crippen molar-refractivity contribution in [3.8, 4) is 0 Å². The number of hydrogen-bond acceptors (Lipinski definition) is 2. The van der Waals surface area contributed by atoms with Crippen LogP contribution in [0.3, 0.4) is 0 Å². The van der Waals surface area contributed by atoms with Crippen LogP contribution in [0.25, 0.3) is 0 Å². The Kier molecular flexibility index (Phi) is 10.4. The summed E-state index contributed by atoms with van der Waals surface area (Å²) in [5.41, 5.74) is 0. The fourth-order valence-corrected chi connectivity index (χ4v) is 0.707. The van der Waals surface area contributed by atoms with E-state index in [-0.39, 0.29) is 63.8 Å². The molecule has 0 spiro atoms. The summed E-state index contributed by atoms with van der Waals surface area (Å²) in [6.07, 6.45) is 1.81. The van der Waals surface area contributed by atoms with Crippen LogP contribution in [0.2, 0.25) is 0 Å². The van der Waals surface area contributed by atoms with Gasteiger partial charge in [-0.3, -0.25) is 4.79 Å². The second-order valence-corrected chi connectivity index (χ2v) is 2.49. The molecule has 1 nitrogen and oxygen atoms in total. The van der Waals surface area contributed by atoms with Gasteiger partial charge in [0.2, 0.25) is 0 Å². The summed E-state index contributed by atoms with van der Waals surface area (Å²) in [5, 5.41) is 0.264. The molecule has 3 heteroatoms. The fourth-order valence-electron chi connectivity index (χ4n) is 0.236. The molecule has 8 heavy (non-hydrogen) atoms. The zero-order chi connectivity index (χ0) is 5.86. The third-order valence-corrected chi connectivity index (χ3v) is 1.55. The first-order valence-corrected chi connectivity index (χ1v) is 3.48. The van der Waals surface area contributed by atoms with Crippen molar-refractivity contribution in [3.05, 3.63) is 0 Å². The van der Waals surface area contributed by atoms with Gasteiger partial charge in [-0.05, 0) is 6.26 Å². The molecular formula is C5H11KOS. The molecule has 0 radical (unpaired) electrons. The van der Waals surface area contributed by atoms with E-state index in [9.17, 15) is 4.79 Å². The summed E-state index contributed by atoms with van der Waals surface area (Å²) in [4.78, 5) is 10.5. The summed E-state index contributed by atoms with van der Waals surface area (Å²) in [5.74, 6) is 0.190. The van der Waals surface area contributed by atoms with Crippen molar-refractivity contribution in [3.63, 3.8) is 0 Å². The van der Waals surface area contributed by atoms with Gasteiger partial charge in [0, 0.05) is 5.92 Å². The van der Waals surface area contributed by atoms with Crippen molar-refractivity contribution < 1.29 is 57.6 Å². The third kappa shape index (κ3) is 5.79. The van der Waals surface area contributed by atoms with Crippen molar-refractivity contribution in [2.24, 2.45) is 5.92 Å². The van der Waals surface area contributed by atoms with Crippen LogP contribution in [0, 0.1) is 5.92 Å². The molecule has 0 aliphatic heterocycles. The molecule has 0 aromatic heterocycles. The maximum Gasteiger partial charge on any atom is 1.00 e. The molecule has 0 N–H and O–H groups in total. The summed E-state index contributed by atoms with van der Waals surface area (Å²) >= 11 is 1.29. The molecule has 0 unspecified atom stereocenters. The van der Waals surface area contributed by atoms with Crippen LogP contribution in [-0.4, -0.2) is 11.4 Å². The molecule has 0 saturated carbocycles. The first kappa shape index (κ1) is 12.3. The summed E-state index contributed by atoms with van der Waals surface area (Å²) < 4.78 is 0. The normalized spacial score (nSPS) is 8.50. The van der Waals surface area contributed by atoms with Crippen molar-refractivity contribution >= 4 is 16.9 Å². The van der Waals surface area contributed by atoms with Crippen LogP contribution in [0.4, 0.5) is 0 Å². The van der Waals surface area contributed by atoms with Gasteiger partial charge in [-0.1, -0.05) is 25.6 Å². The molecule has 0 bridgehead atoms. The zero-order valence-electron chi connectivity index (χ0n) is 6.89. The van der Waals surface area contributed by atoms with E-state index in [1.54, 1.807) is 0 Å². The second kappa shape index (κ2) is 6.77. The molecule has 0 fully saturated rings. The van der Waals surface area contributed by atoms with Crippen LogP contribution < -0.4 is 51.4 Å². The Morgan fingerprint density at radius 3 is 2.00 bits per heavy atom. The van der Waals surface area contributed by atoms with E-state index in [0.717, 1.165) is 0 Å². The van der Waals surface area contributed by atoms with Crippen molar-refractivity contribution in [2.75, 3.05) is 6.26 Å². The Bertz CT molecular complexity index is 77.4. The topological polar surface area (TPSA) is 17.1 Å². The quantitative estimate of drug-likeness (QED) is 0.439. The monoisotopic (exact) mass is 158 g/mol. The van der Waals surface area contributed by atoms with E-state index in [1.165, 1.54) is 11.8 Å². The van der Waals surface area contributed by atoms with E-state index in [1.807, 2.05) is 20.1 Å². The van der Waals surface area contributed by atoms with E-state index in [4.69, 9.17) is 0 Å². The first-order valence-electron chi connectivity index (χ1n) is 2.26. The molecule has 44 valence electrons. The number of carbonyl (C=O) groups is 1.